The molecule has 0 aliphatic rings. The second-order valence-corrected chi connectivity index (χ2v) is 4.60. The second-order valence-electron chi connectivity index (χ2n) is 4.60. The molecule has 0 saturated heterocycles. The molecule has 1 atom stereocenters. The number of hydrogen-bond acceptors (Lipinski definition) is 4. The van der Waals surface area contributed by atoms with Gasteiger partial charge in [-0.25, -0.2) is 0 Å². The van der Waals surface area contributed by atoms with E-state index in [1.165, 1.54) is 0 Å². The second kappa shape index (κ2) is 7.07. The standard InChI is InChI=1S/C15H22N4O/c1-3-19-11-12(10-17-19)9-14(18-16)13-7-5-6-8-15(13)20-4-2/h5-8,10-11,14,18H,3-4,9,16H2,1-2H3. The van der Waals surface area contributed by atoms with Gasteiger partial charge in [0.15, 0.2) is 0 Å². The molecular formula is C15H22N4O. The lowest BCUT2D eigenvalue weighted by Gasteiger charge is -2.19. The minimum Gasteiger partial charge on any atom is -0.494 e. The number of aryl methyl sites for hydroxylation is 1. The van der Waals surface area contributed by atoms with Gasteiger partial charge in [0.25, 0.3) is 0 Å². The first-order valence-corrected chi connectivity index (χ1v) is 6.97. The summed E-state index contributed by atoms with van der Waals surface area (Å²) in [6.07, 6.45) is 4.71. The highest BCUT2D eigenvalue weighted by atomic mass is 16.5. The number of rotatable bonds is 7. The molecule has 0 fully saturated rings. The van der Waals surface area contributed by atoms with Gasteiger partial charge >= 0.3 is 0 Å². The first kappa shape index (κ1) is 14.6. The van der Waals surface area contributed by atoms with Crippen LogP contribution in [0.25, 0.3) is 0 Å². The van der Waals surface area contributed by atoms with Gasteiger partial charge < -0.3 is 4.74 Å². The maximum absolute atomic E-state index is 5.72. The normalized spacial score (nSPS) is 12.3. The summed E-state index contributed by atoms with van der Waals surface area (Å²) in [6.45, 7) is 5.56. The zero-order valence-electron chi connectivity index (χ0n) is 12.0. The Morgan fingerprint density at radius 1 is 1.35 bits per heavy atom. The van der Waals surface area contributed by atoms with Crippen LogP contribution in [0.1, 0.15) is 31.0 Å². The van der Waals surface area contributed by atoms with Crippen molar-refractivity contribution in [3.05, 3.63) is 47.8 Å². The summed E-state index contributed by atoms with van der Waals surface area (Å²) >= 11 is 0. The SMILES string of the molecule is CCOc1ccccc1C(Cc1cnn(CC)c1)NN. The van der Waals surface area contributed by atoms with Gasteiger partial charge in [-0.2, -0.15) is 5.10 Å². The van der Waals surface area contributed by atoms with Crippen molar-refractivity contribution in [1.29, 1.82) is 0 Å². The van der Waals surface area contributed by atoms with E-state index in [9.17, 15) is 0 Å². The summed E-state index contributed by atoms with van der Waals surface area (Å²) in [7, 11) is 0. The first-order valence-electron chi connectivity index (χ1n) is 6.97. The quantitative estimate of drug-likeness (QED) is 0.599. The molecule has 5 nitrogen and oxygen atoms in total. The third-order valence-corrected chi connectivity index (χ3v) is 3.25. The highest BCUT2D eigenvalue weighted by molar-refractivity contribution is 5.36. The van der Waals surface area contributed by atoms with E-state index in [1.54, 1.807) is 0 Å². The van der Waals surface area contributed by atoms with E-state index in [-0.39, 0.29) is 6.04 Å². The number of para-hydroxylation sites is 1. The number of ether oxygens (including phenoxy) is 1. The summed E-state index contributed by atoms with van der Waals surface area (Å²) in [5.74, 6) is 6.60. The molecule has 0 saturated carbocycles. The summed E-state index contributed by atoms with van der Waals surface area (Å²) in [5, 5.41) is 4.29. The summed E-state index contributed by atoms with van der Waals surface area (Å²) in [6, 6.07) is 7.99. The van der Waals surface area contributed by atoms with Crippen molar-refractivity contribution in [3.8, 4) is 5.75 Å². The van der Waals surface area contributed by atoms with E-state index >= 15 is 0 Å². The fourth-order valence-corrected chi connectivity index (χ4v) is 2.23. The maximum Gasteiger partial charge on any atom is 0.124 e. The smallest absolute Gasteiger partial charge is 0.124 e. The van der Waals surface area contributed by atoms with Crippen LogP contribution >= 0.6 is 0 Å². The zero-order chi connectivity index (χ0) is 14.4. The number of hydrogen-bond donors (Lipinski definition) is 2. The Morgan fingerprint density at radius 2 is 2.15 bits per heavy atom. The Hall–Kier alpha value is -1.85. The Morgan fingerprint density at radius 3 is 2.80 bits per heavy atom. The lowest BCUT2D eigenvalue weighted by molar-refractivity contribution is 0.331. The molecule has 20 heavy (non-hydrogen) atoms. The number of nitrogens with two attached hydrogens (primary N) is 1. The van der Waals surface area contributed by atoms with Gasteiger partial charge in [-0.1, -0.05) is 18.2 Å². The summed E-state index contributed by atoms with van der Waals surface area (Å²) in [5.41, 5.74) is 5.10. The first-order chi connectivity index (χ1) is 9.78. The maximum atomic E-state index is 5.72. The van der Waals surface area contributed by atoms with Gasteiger partial charge in [0.1, 0.15) is 5.75 Å². The van der Waals surface area contributed by atoms with Gasteiger partial charge in [-0.15, -0.1) is 0 Å². The molecule has 3 N–H and O–H groups in total. The molecule has 0 radical (unpaired) electrons. The Balaban J connectivity index is 2.19. The largest absolute Gasteiger partial charge is 0.494 e. The summed E-state index contributed by atoms with van der Waals surface area (Å²) < 4.78 is 7.58. The molecule has 1 unspecified atom stereocenters. The van der Waals surface area contributed by atoms with Crippen molar-refractivity contribution in [2.75, 3.05) is 6.61 Å². The van der Waals surface area contributed by atoms with E-state index < -0.39 is 0 Å². The van der Waals surface area contributed by atoms with Gasteiger partial charge in [0, 0.05) is 18.3 Å². The fourth-order valence-electron chi connectivity index (χ4n) is 2.23. The third kappa shape index (κ3) is 3.37. The topological polar surface area (TPSA) is 65.1 Å². The monoisotopic (exact) mass is 274 g/mol. The van der Waals surface area contributed by atoms with Crippen LogP contribution in [0.15, 0.2) is 36.7 Å². The molecule has 1 heterocycles. The fraction of sp³-hybridized carbons (Fsp3) is 0.400. The van der Waals surface area contributed by atoms with Crippen molar-refractivity contribution >= 4 is 0 Å². The minimum absolute atomic E-state index is 0.00672. The third-order valence-electron chi connectivity index (χ3n) is 3.25. The van der Waals surface area contributed by atoms with Gasteiger partial charge in [-0.3, -0.25) is 16.0 Å². The molecule has 2 aromatic rings. The van der Waals surface area contributed by atoms with E-state index in [1.807, 2.05) is 48.3 Å². The molecule has 0 bridgehead atoms. The Bertz CT molecular complexity index is 538. The van der Waals surface area contributed by atoms with Crippen LogP contribution < -0.4 is 16.0 Å². The molecule has 0 amide bonds. The number of benzene rings is 1. The predicted molar refractivity (Wildman–Crippen MR) is 79.3 cm³/mol. The van der Waals surface area contributed by atoms with E-state index in [0.717, 1.165) is 29.8 Å². The van der Waals surface area contributed by atoms with Crippen LogP contribution in [-0.2, 0) is 13.0 Å². The van der Waals surface area contributed by atoms with Crippen molar-refractivity contribution in [2.24, 2.45) is 5.84 Å². The number of hydrazine groups is 1. The highest BCUT2D eigenvalue weighted by Gasteiger charge is 2.16. The molecule has 0 spiro atoms. The van der Waals surface area contributed by atoms with Crippen LogP contribution in [0, 0.1) is 0 Å². The molecule has 1 aromatic heterocycles. The van der Waals surface area contributed by atoms with Crippen LogP contribution in [0.5, 0.6) is 5.75 Å². The number of aromatic nitrogens is 2. The lowest BCUT2D eigenvalue weighted by atomic mass is 10.0. The Labute approximate surface area is 119 Å². The molecule has 2 rings (SSSR count). The van der Waals surface area contributed by atoms with E-state index in [0.29, 0.717) is 6.61 Å². The number of nitrogens with zero attached hydrogens (tertiary/aromatic N) is 2. The van der Waals surface area contributed by atoms with Crippen LogP contribution in [0.3, 0.4) is 0 Å². The minimum atomic E-state index is 0.00672. The van der Waals surface area contributed by atoms with Crippen molar-refractivity contribution < 1.29 is 4.74 Å². The van der Waals surface area contributed by atoms with Crippen LogP contribution in [0.4, 0.5) is 0 Å². The molecular weight excluding hydrogens is 252 g/mol. The van der Waals surface area contributed by atoms with Crippen molar-refractivity contribution in [3.63, 3.8) is 0 Å². The van der Waals surface area contributed by atoms with Crippen molar-refractivity contribution in [2.45, 2.75) is 32.9 Å². The molecule has 0 aliphatic carbocycles. The number of nitrogens with one attached hydrogen (secondary N) is 1. The zero-order valence-corrected chi connectivity index (χ0v) is 12.0. The Kier molecular flexibility index (Phi) is 5.15. The lowest BCUT2D eigenvalue weighted by Crippen LogP contribution is -2.29. The molecule has 1 aromatic carbocycles. The molecule has 0 aliphatic heterocycles. The van der Waals surface area contributed by atoms with Crippen LogP contribution in [-0.4, -0.2) is 16.4 Å². The van der Waals surface area contributed by atoms with Gasteiger partial charge in [-0.05, 0) is 31.9 Å². The molecule has 5 heteroatoms. The molecule has 108 valence electrons. The van der Waals surface area contributed by atoms with Gasteiger partial charge in [0.2, 0.25) is 0 Å². The summed E-state index contributed by atoms with van der Waals surface area (Å²) in [4.78, 5) is 0. The van der Waals surface area contributed by atoms with E-state index in [4.69, 9.17) is 10.6 Å². The van der Waals surface area contributed by atoms with E-state index in [2.05, 4.69) is 17.4 Å². The average molecular weight is 274 g/mol. The van der Waals surface area contributed by atoms with Crippen molar-refractivity contribution in [1.82, 2.24) is 15.2 Å². The highest BCUT2D eigenvalue weighted by Crippen LogP contribution is 2.27. The van der Waals surface area contributed by atoms with Gasteiger partial charge in [0.05, 0.1) is 18.8 Å². The van der Waals surface area contributed by atoms with Crippen LogP contribution in [0.2, 0.25) is 0 Å². The predicted octanol–water partition coefficient (Wildman–Crippen LogP) is 2.05. The average Bonchev–Trinajstić information content (AvgIpc) is 2.94.